The van der Waals surface area contributed by atoms with Crippen LogP contribution in [0.5, 0.6) is 5.75 Å². The fourth-order valence-electron chi connectivity index (χ4n) is 1.98. The lowest BCUT2D eigenvalue weighted by molar-refractivity contribution is -0.384. The lowest BCUT2D eigenvalue weighted by Crippen LogP contribution is -2.41. The van der Waals surface area contributed by atoms with Crippen molar-refractivity contribution in [2.75, 3.05) is 6.61 Å². The summed E-state index contributed by atoms with van der Waals surface area (Å²) in [6.07, 6.45) is 0.653. The highest BCUT2D eigenvalue weighted by molar-refractivity contribution is 9.10. The topological polar surface area (TPSA) is 111 Å². The number of carbonyl (C=O) groups is 2. The van der Waals surface area contributed by atoms with Crippen LogP contribution in [0.3, 0.4) is 0 Å². The fraction of sp³-hybridized carbons (Fsp3) is 0.176. The number of benzene rings is 2. The summed E-state index contributed by atoms with van der Waals surface area (Å²) in [7, 11) is 0. The number of nitrogens with one attached hydrogen (secondary N) is 2. The summed E-state index contributed by atoms with van der Waals surface area (Å²) in [5, 5.41) is 10.6. The van der Waals surface area contributed by atoms with E-state index in [1.807, 2.05) is 24.3 Å². The third-order valence-corrected chi connectivity index (χ3v) is 3.76. The van der Waals surface area contributed by atoms with Gasteiger partial charge in [-0.05, 0) is 36.8 Å². The van der Waals surface area contributed by atoms with E-state index in [-0.39, 0.29) is 23.6 Å². The molecular formula is C17H16BrN3O5. The summed E-state index contributed by atoms with van der Waals surface area (Å²) in [5.41, 5.74) is 4.64. The number of hydrogen-bond acceptors (Lipinski definition) is 5. The van der Waals surface area contributed by atoms with Gasteiger partial charge in [0.1, 0.15) is 5.75 Å². The first-order valence-corrected chi connectivity index (χ1v) is 8.47. The summed E-state index contributed by atoms with van der Waals surface area (Å²) >= 11 is 3.34. The van der Waals surface area contributed by atoms with E-state index in [2.05, 4.69) is 26.8 Å². The number of amides is 2. The molecule has 0 bridgehead atoms. The van der Waals surface area contributed by atoms with Crippen LogP contribution in [0.15, 0.2) is 53.0 Å². The van der Waals surface area contributed by atoms with Crippen LogP contribution >= 0.6 is 15.9 Å². The molecule has 0 saturated heterocycles. The van der Waals surface area contributed by atoms with Crippen LogP contribution in [0.1, 0.15) is 23.2 Å². The third-order valence-electron chi connectivity index (χ3n) is 3.27. The van der Waals surface area contributed by atoms with Crippen LogP contribution in [0.4, 0.5) is 5.69 Å². The standard InChI is InChI=1S/C17H16BrN3O5/c18-13-3-1-4-15(11-13)26-10-2-5-16(22)19-20-17(23)12-6-8-14(9-7-12)21(24)25/h1,3-4,6-9,11H,2,5,10H2,(H,19,22)(H,20,23). The number of hydrazine groups is 1. The SMILES string of the molecule is O=C(CCCOc1cccc(Br)c1)NNC(=O)c1ccc([N+](=O)[O-])cc1. The number of nitro groups is 1. The minimum atomic E-state index is -0.557. The Balaban J connectivity index is 1.67. The normalized spacial score (nSPS) is 10.0. The van der Waals surface area contributed by atoms with Crippen LogP contribution in [-0.2, 0) is 4.79 Å². The molecule has 0 unspecified atom stereocenters. The Morgan fingerprint density at radius 1 is 1.12 bits per heavy atom. The van der Waals surface area contributed by atoms with Gasteiger partial charge in [0.15, 0.2) is 0 Å². The molecule has 26 heavy (non-hydrogen) atoms. The molecule has 9 heteroatoms. The van der Waals surface area contributed by atoms with Gasteiger partial charge in [0.25, 0.3) is 11.6 Å². The summed E-state index contributed by atoms with van der Waals surface area (Å²) in [6.45, 7) is 0.361. The van der Waals surface area contributed by atoms with Crippen LogP contribution in [-0.4, -0.2) is 23.3 Å². The first kappa shape index (κ1) is 19.4. The molecule has 0 spiro atoms. The van der Waals surface area contributed by atoms with Crippen molar-refractivity contribution in [2.24, 2.45) is 0 Å². The quantitative estimate of drug-likeness (QED) is 0.405. The second kappa shape index (κ2) is 9.52. The smallest absolute Gasteiger partial charge is 0.269 e. The Bertz CT molecular complexity index is 795. The largest absolute Gasteiger partial charge is 0.494 e. The number of rotatable bonds is 7. The second-order valence-electron chi connectivity index (χ2n) is 5.22. The Morgan fingerprint density at radius 2 is 1.85 bits per heavy atom. The Morgan fingerprint density at radius 3 is 2.50 bits per heavy atom. The van der Waals surface area contributed by atoms with E-state index in [1.165, 1.54) is 24.3 Å². The average molecular weight is 422 g/mol. The van der Waals surface area contributed by atoms with Crippen LogP contribution in [0, 0.1) is 10.1 Å². The highest BCUT2D eigenvalue weighted by Crippen LogP contribution is 2.17. The van der Waals surface area contributed by atoms with Gasteiger partial charge in [0, 0.05) is 28.6 Å². The molecule has 0 aliphatic heterocycles. The van der Waals surface area contributed by atoms with Gasteiger partial charge in [-0.15, -0.1) is 0 Å². The molecule has 0 aromatic heterocycles. The maximum absolute atomic E-state index is 11.9. The molecule has 2 rings (SSSR count). The van der Waals surface area contributed by atoms with Crippen LogP contribution in [0.25, 0.3) is 0 Å². The molecule has 0 fully saturated rings. The van der Waals surface area contributed by atoms with Gasteiger partial charge >= 0.3 is 0 Å². The molecule has 2 amide bonds. The van der Waals surface area contributed by atoms with Crippen molar-refractivity contribution < 1.29 is 19.2 Å². The van der Waals surface area contributed by atoms with Crippen molar-refractivity contribution in [3.63, 3.8) is 0 Å². The summed E-state index contributed by atoms with van der Waals surface area (Å²) < 4.78 is 6.41. The van der Waals surface area contributed by atoms with E-state index in [0.717, 1.165) is 4.47 Å². The predicted octanol–water partition coefficient (Wildman–Crippen LogP) is 2.98. The molecule has 0 aliphatic rings. The van der Waals surface area contributed by atoms with E-state index in [0.29, 0.717) is 18.8 Å². The Kier molecular flexibility index (Phi) is 7.10. The van der Waals surface area contributed by atoms with Crippen molar-refractivity contribution in [3.8, 4) is 5.75 Å². The number of carbonyl (C=O) groups excluding carboxylic acids is 2. The summed E-state index contributed by atoms with van der Waals surface area (Å²) in [4.78, 5) is 33.6. The molecule has 0 radical (unpaired) electrons. The number of nitrogens with zero attached hydrogens (tertiary/aromatic N) is 1. The molecule has 0 heterocycles. The zero-order chi connectivity index (χ0) is 18.9. The molecule has 0 atom stereocenters. The van der Waals surface area contributed by atoms with Gasteiger partial charge in [-0.3, -0.25) is 30.6 Å². The summed E-state index contributed by atoms with van der Waals surface area (Å²) in [6, 6.07) is 12.4. The van der Waals surface area contributed by atoms with Gasteiger partial charge in [0.2, 0.25) is 5.91 Å². The lowest BCUT2D eigenvalue weighted by Gasteiger charge is -2.08. The van der Waals surface area contributed by atoms with E-state index in [4.69, 9.17) is 4.74 Å². The first-order valence-electron chi connectivity index (χ1n) is 7.68. The number of hydrogen-bond donors (Lipinski definition) is 2. The highest BCUT2D eigenvalue weighted by atomic mass is 79.9. The van der Waals surface area contributed by atoms with Gasteiger partial charge in [-0.25, -0.2) is 0 Å². The lowest BCUT2D eigenvalue weighted by atomic mass is 10.2. The zero-order valence-corrected chi connectivity index (χ0v) is 15.2. The van der Waals surface area contributed by atoms with Gasteiger partial charge in [-0.2, -0.15) is 0 Å². The molecule has 2 aromatic rings. The van der Waals surface area contributed by atoms with Crippen LogP contribution < -0.4 is 15.6 Å². The Labute approximate surface area is 157 Å². The average Bonchev–Trinajstić information content (AvgIpc) is 2.63. The van der Waals surface area contributed by atoms with Crippen molar-refractivity contribution in [1.82, 2.24) is 10.9 Å². The minimum Gasteiger partial charge on any atom is -0.494 e. The van der Waals surface area contributed by atoms with E-state index in [9.17, 15) is 19.7 Å². The third kappa shape index (κ3) is 6.17. The zero-order valence-electron chi connectivity index (χ0n) is 13.6. The molecule has 2 aromatic carbocycles. The van der Waals surface area contributed by atoms with Crippen LogP contribution in [0.2, 0.25) is 0 Å². The van der Waals surface area contributed by atoms with Crippen molar-refractivity contribution in [2.45, 2.75) is 12.8 Å². The molecule has 0 saturated carbocycles. The van der Waals surface area contributed by atoms with E-state index >= 15 is 0 Å². The summed E-state index contributed by atoms with van der Waals surface area (Å²) in [5.74, 6) is -0.219. The number of halogens is 1. The maximum atomic E-state index is 11.9. The molecule has 0 aliphatic carbocycles. The van der Waals surface area contributed by atoms with E-state index in [1.54, 1.807) is 0 Å². The van der Waals surface area contributed by atoms with Gasteiger partial charge < -0.3 is 4.74 Å². The van der Waals surface area contributed by atoms with Gasteiger partial charge in [-0.1, -0.05) is 22.0 Å². The number of ether oxygens (including phenoxy) is 1. The molecule has 136 valence electrons. The molecule has 2 N–H and O–H groups in total. The predicted molar refractivity (Wildman–Crippen MR) is 97.6 cm³/mol. The Hall–Kier alpha value is -2.94. The molecular weight excluding hydrogens is 406 g/mol. The monoisotopic (exact) mass is 421 g/mol. The number of non-ortho nitro benzene ring substituents is 1. The first-order chi connectivity index (χ1) is 12.5. The highest BCUT2D eigenvalue weighted by Gasteiger charge is 2.10. The maximum Gasteiger partial charge on any atom is 0.269 e. The van der Waals surface area contributed by atoms with Crippen molar-refractivity contribution >= 4 is 33.4 Å². The van der Waals surface area contributed by atoms with Gasteiger partial charge in [0.05, 0.1) is 11.5 Å². The number of nitro benzene ring substituents is 1. The van der Waals surface area contributed by atoms with Crippen molar-refractivity contribution in [1.29, 1.82) is 0 Å². The van der Waals surface area contributed by atoms with Crippen molar-refractivity contribution in [3.05, 3.63) is 68.7 Å². The van der Waals surface area contributed by atoms with E-state index < -0.39 is 10.8 Å². The molecule has 8 nitrogen and oxygen atoms in total. The second-order valence-corrected chi connectivity index (χ2v) is 6.13. The fourth-order valence-corrected chi connectivity index (χ4v) is 2.35. The minimum absolute atomic E-state index is 0.115.